The molecule has 0 atom stereocenters. The third-order valence-electron chi connectivity index (χ3n) is 2.70. The first kappa shape index (κ1) is 14.9. The zero-order chi connectivity index (χ0) is 15.6. The molecule has 0 aliphatic carbocycles. The quantitative estimate of drug-likeness (QED) is 0.664. The lowest BCUT2D eigenvalue weighted by atomic mass is 10.1. The molecule has 6 heteroatoms. The summed E-state index contributed by atoms with van der Waals surface area (Å²) < 4.78 is 9.65. The van der Waals surface area contributed by atoms with E-state index in [2.05, 4.69) is 15.0 Å². The molecule has 2 heterocycles. The molecule has 1 aromatic carbocycles. The van der Waals surface area contributed by atoms with E-state index in [9.17, 15) is 4.79 Å². The number of carbonyl (C=O) groups is 1. The molecule has 3 rings (SSSR count). The normalized spacial score (nSPS) is 11.6. The Morgan fingerprint density at radius 3 is 2.57 bits per heavy atom. The largest absolute Gasteiger partial charge is 0.506 e. The predicted octanol–water partition coefficient (Wildman–Crippen LogP) is 3.78. The van der Waals surface area contributed by atoms with Crippen LogP contribution in [0.2, 0.25) is 0 Å². The first-order chi connectivity index (χ1) is 9.80. The number of benzene rings is 1. The fourth-order valence-corrected chi connectivity index (χ4v) is 1.97. The molecule has 2 aromatic rings. The molecule has 0 radical (unpaired) electrons. The van der Waals surface area contributed by atoms with Gasteiger partial charge in [-0.15, -0.1) is 0 Å². The van der Waals surface area contributed by atoms with Gasteiger partial charge in [0.1, 0.15) is 11.3 Å². The van der Waals surface area contributed by atoms with Gasteiger partial charge in [0.25, 0.3) is 0 Å². The maximum absolute atomic E-state index is 9.79. The number of carboxylic acid groups (broad SMARTS) is 1. The zero-order valence-corrected chi connectivity index (χ0v) is 12.4. The van der Waals surface area contributed by atoms with Crippen LogP contribution in [0.4, 0.5) is 16.2 Å². The van der Waals surface area contributed by atoms with Crippen LogP contribution in [0.1, 0.15) is 20.8 Å². The van der Waals surface area contributed by atoms with Crippen LogP contribution in [0, 0.1) is 0 Å². The standard InChI is InChI=1S/C10H8N2O.C5H10O3/c1-13-10-7-4-6-2-3-8(7)11-5-9(10)12-6;1-5(2,3)8-4(6)7/h2-5,12H,1H3;1-3H3,(H,6,7). The van der Waals surface area contributed by atoms with Gasteiger partial charge < -0.3 is 19.9 Å². The summed E-state index contributed by atoms with van der Waals surface area (Å²) in [5, 5.41) is 12.3. The number of aromatic nitrogens is 1. The van der Waals surface area contributed by atoms with Gasteiger partial charge in [-0.3, -0.25) is 4.98 Å². The van der Waals surface area contributed by atoms with Crippen LogP contribution in [-0.2, 0) is 4.74 Å². The van der Waals surface area contributed by atoms with Crippen molar-refractivity contribution in [2.45, 2.75) is 26.4 Å². The average molecular weight is 290 g/mol. The lowest BCUT2D eigenvalue weighted by Gasteiger charge is -2.18. The number of nitrogens with one attached hydrogen (secondary N) is 1. The second-order valence-corrected chi connectivity index (χ2v) is 5.54. The van der Waals surface area contributed by atoms with Gasteiger partial charge in [0.05, 0.1) is 18.8 Å². The Labute approximate surface area is 122 Å². The Kier molecular flexibility index (Phi) is 3.88. The molecule has 3 bridgehead atoms. The molecule has 0 spiro atoms. The molecule has 21 heavy (non-hydrogen) atoms. The molecule has 0 saturated heterocycles. The zero-order valence-electron chi connectivity index (χ0n) is 12.4. The Balaban J connectivity index is 0.000000177. The van der Waals surface area contributed by atoms with Gasteiger partial charge in [-0.1, -0.05) is 0 Å². The molecule has 112 valence electrons. The minimum absolute atomic E-state index is 0.578. The Morgan fingerprint density at radius 1 is 1.33 bits per heavy atom. The van der Waals surface area contributed by atoms with Crippen molar-refractivity contribution in [1.29, 1.82) is 0 Å². The minimum atomic E-state index is -1.22. The Bertz CT molecular complexity index is 672. The van der Waals surface area contributed by atoms with Crippen molar-refractivity contribution in [3.63, 3.8) is 0 Å². The summed E-state index contributed by atoms with van der Waals surface area (Å²) in [7, 11) is 1.68. The summed E-state index contributed by atoms with van der Waals surface area (Å²) in [4.78, 5) is 14.1. The third kappa shape index (κ3) is 3.53. The Hall–Kier alpha value is -2.50. The monoisotopic (exact) mass is 290 g/mol. The van der Waals surface area contributed by atoms with Gasteiger partial charge in [-0.2, -0.15) is 0 Å². The van der Waals surface area contributed by atoms with E-state index < -0.39 is 11.8 Å². The first-order valence-electron chi connectivity index (χ1n) is 6.46. The number of methoxy groups -OCH3 is 1. The second-order valence-electron chi connectivity index (χ2n) is 5.54. The smallest absolute Gasteiger partial charge is 0.494 e. The van der Waals surface area contributed by atoms with Crippen LogP contribution in [0.5, 0.6) is 5.75 Å². The van der Waals surface area contributed by atoms with E-state index in [-0.39, 0.29) is 0 Å². The number of rotatable bonds is 1. The van der Waals surface area contributed by atoms with E-state index in [0.29, 0.717) is 0 Å². The molecule has 0 fully saturated rings. The molecule has 0 saturated carbocycles. The number of fused-ring (bicyclic) bond motifs is 2. The summed E-state index contributed by atoms with van der Waals surface area (Å²) in [6, 6.07) is 6.05. The van der Waals surface area contributed by atoms with E-state index in [1.54, 1.807) is 34.1 Å². The van der Waals surface area contributed by atoms with Gasteiger partial charge in [-0.25, -0.2) is 4.79 Å². The van der Waals surface area contributed by atoms with Crippen molar-refractivity contribution in [2.24, 2.45) is 0 Å². The van der Waals surface area contributed by atoms with E-state index >= 15 is 0 Å². The SMILES string of the molecule is CC(C)(C)OC(=O)O.COc1c2cnc3ccc(cc13)N2. The van der Waals surface area contributed by atoms with Crippen molar-refractivity contribution in [2.75, 3.05) is 12.4 Å². The highest BCUT2D eigenvalue weighted by atomic mass is 16.7. The molecule has 6 nitrogen and oxygen atoms in total. The van der Waals surface area contributed by atoms with Crippen LogP contribution in [-0.4, -0.2) is 29.0 Å². The summed E-state index contributed by atoms with van der Waals surface area (Å²) in [5.41, 5.74) is 2.45. The first-order valence-corrected chi connectivity index (χ1v) is 6.46. The fourth-order valence-electron chi connectivity index (χ4n) is 1.97. The maximum Gasteiger partial charge on any atom is 0.506 e. The highest BCUT2D eigenvalue weighted by Crippen LogP contribution is 2.39. The van der Waals surface area contributed by atoms with Crippen LogP contribution in [0.3, 0.4) is 0 Å². The van der Waals surface area contributed by atoms with Crippen molar-refractivity contribution >= 4 is 28.4 Å². The molecule has 1 aliphatic rings. The highest BCUT2D eigenvalue weighted by molar-refractivity contribution is 5.97. The Morgan fingerprint density at radius 2 is 2.05 bits per heavy atom. The molecule has 0 unspecified atom stereocenters. The van der Waals surface area contributed by atoms with Crippen LogP contribution >= 0.6 is 0 Å². The van der Waals surface area contributed by atoms with E-state index in [0.717, 1.165) is 28.0 Å². The number of hydrogen-bond donors (Lipinski definition) is 2. The number of nitrogens with zero attached hydrogens (tertiary/aromatic N) is 1. The summed E-state index contributed by atoms with van der Waals surface area (Å²) in [5.74, 6) is 0.887. The molecule has 1 aliphatic heterocycles. The summed E-state index contributed by atoms with van der Waals surface area (Å²) in [6.07, 6.45) is 0.575. The number of hydrogen-bond acceptors (Lipinski definition) is 5. The molecule has 1 aromatic heterocycles. The van der Waals surface area contributed by atoms with Gasteiger partial charge in [0, 0.05) is 11.1 Å². The van der Waals surface area contributed by atoms with Gasteiger partial charge >= 0.3 is 6.16 Å². The summed E-state index contributed by atoms with van der Waals surface area (Å²) in [6.45, 7) is 5.04. The average Bonchev–Trinajstić information content (AvgIpc) is 2.33. The number of ether oxygens (including phenoxy) is 2. The third-order valence-corrected chi connectivity index (χ3v) is 2.70. The molecule has 0 amide bonds. The number of anilines is 2. The van der Waals surface area contributed by atoms with Gasteiger partial charge in [-0.05, 0) is 39.0 Å². The summed E-state index contributed by atoms with van der Waals surface area (Å²) >= 11 is 0. The molecular formula is C15H18N2O4. The lowest BCUT2D eigenvalue weighted by Crippen LogP contribution is -2.22. The predicted molar refractivity (Wildman–Crippen MR) is 80.4 cm³/mol. The highest BCUT2D eigenvalue weighted by Gasteiger charge is 2.15. The second kappa shape index (κ2) is 5.47. The van der Waals surface area contributed by atoms with E-state index in [4.69, 9.17) is 9.84 Å². The number of pyridine rings is 1. The van der Waals surface area contributed by atoms with Gasteiger partial charge in [0.15, 0.2) is 5.75 Å². The van der Waals surface area contributed by atoms with E-state index in [1.165, 1.54) is 0 Å². The molecular weight excluding hydrogens is 272 g/mol. The van der Waals surface area contributed by atoms with Crippen LogP contribution in [0.15, 0.2) is 24.4 Å². The van der Waals surface area contributed by atoms with Crippen molar-refractivity contribution in [3.05, 3.63) is 24.4 Å². The van der Waals surface area contributed by atoms with Crippen molar-refractivity contribution in [3.8, 4) is 5.75 Å². The minimum Gasteiger partial charge on any atom is -0.494 e. The van der Waals surface area contributed by atoms with Crippen molar-refractivity contribution in [1.82, 2.24) is 4.98 Å². The van der Waals surface area contributed by atoms with E-state index in [1.807, 2.05) is 18.2 Å². The topological polar surface area (TPSA) is 80.7 Å². The molecule has 2 N–H and O–H groups in total. The lowest BCUT2D eigenvalue weighted by molar-refractivity contribution is 0.0150. The maximum atomic E-state index is 9.79. The van der Waals surface area contributed by atoms with Gasteiger partial charge in [0.2, 0.25) is 0 Å². The van der Waals surface area contributed by atoms with Crippen LogP contribution in [0.25, 0.3) is 10.9 Å². The fraction of sp³-hybridized carbons (Fsp3) is 0.333. The van der Waals surface area contributed by atoms with Crippen LogP contribution < -0.4 is 10.1 Å². The van der Waals surface area contributed by atoms with Crippen molar-refractivity contribution < 1.29 is 19.4 Å².